The van der Waals surface area contributed by atoms with Gasteiger partial charge in [0.2, 0.25) is 0 Å². The van der Waals surface area contributed by atoms with Gasteiger partial charge in [-0.3, -0.25) is 14.5 Å². The number of thiazole rings is 1. The van der Waals surface area contributed by atoms with E-state index in [2.05, 4.69) is 16.4 Å². The average Bonchev–Trinajstić information content (AvgIpc) is 3.36. The predicted octanol–water partition coefficient (Wildman–Crippen LogP) is 3.14. The van der Waals surface area contributed by atoms with Crippen LogP contribution in [0.1, 0.15) is 69.9 Å². The maximum Gasteiger partial charge on any atom is 0.352 e. The van der Waals surface area contributed by atoms with Crippen molar-refractivity contribution in [3.63, 3.8) is 0 Å². The standard InChI is InChI=1S/C26H32N5O4S2/c27-19(18-13-37-26(28)29-18)22(32)30-20-23(33)31-21(25(34)35)16(12-36-24(20)31)11-17(14-7-3-1-4-8-14)15-9-5-2-6-10-15/h11,13-15,20,24H,1-10,12H2,(H2,28,29)(H,30,32)(H,34,35). The van der Waals surface area contributed by atoms with Gasteiger partial charge in [-0.05, 0) is 43.1 Å². The first-order valence-electron chi connectivity index (χ1n) is 13.1. The van der Waals surface area contributed by atoms with E-state index >= 15 is 0 Å². The molecule has 9 nitrogen and oxygen atoms in total. The molecule has 1 radical (unpaired) electrons. The molecule has 2 aliphatic carbocycles. The van der Waals surface area contributed by atoms with Crippen molar-refractivity contribution in [2.75, 3.05) is 11.5 Å². The summed E-state index contributed by atoms with van der Waals surface area (Å²) in [6.07, 6.45) is 14.1. The van der Waals surface area contributed by atoms with Crippen molar-refractivity contribution in [3.8, 4) is 0 Å². The van der Waals surface area contributed by atoms with Crippen LogP contribution in [0.25, 0.3) is 0 Å². The second-order valence-electron chi connectivity index (χ2n) is 10.3. The van der Waals surface area contributed by atoms with Crippen LogP contribution in [-0.4, -0.2) is 55.7 Å². The van der Waals surface area contributed by atoms with Gasteiger partial charge in [-0.2, -0.15) is 0 Å². The maximum atomic E-state index is 13.1. The minimum atomic E-state index is -1.13. The number of nitrogens with two attached hydrogens (primary N) is 1. The van der Waals surface area contributed by atoms with Crippen LogP contribution in [0, 0.1) is 11.8 Å². The molecular formula is C26H32N5O4S2. The lowest BCUT2D eigenvalue weighted by Gasteiger charge is -2.49. The number of nitrogens with zero attached hydrogens (tertiary/aromatic N) is 3. The number of β-lactam (4-membered cyclic amide) rings is 1. The smallest absolute Gasteiger partial charge is 0.352 e. The fourth-order valence-electron chi connectivity index (χ4n) is 6.12. The summed E-state index contributed by atoms with van der Waals surface area (Å²) in [6.45, 7) is 0. The van der Waals surface area contributed by atoms with Crippen LogP contribution in [0.15, 0.2) is 28.3 Å². The number of carbonyl (C=O) groups is 3. The van der Waals surface area contributed by atoms with Gasteiger partial charge in [-0.25, -0.2) is 9.78 Å². The van der Waals surface area contributed by atoms with E-state index in [4.69, 9.17) is 5.73 Å². The summed E-state index contributed by atoms with van der Waals surface area (Å²) in [7, 11) is 0. The summed E-state index contributed by atoms with van der Waals surface area (Å²) >= 11 is 2.53. The number of aromatic nitrogens is 1. The number of allylic oxidation sites excluding steroid dienone is 2. The molecule has 2 aliphatic heterocycles. The van der Waals surface area contributed by atoms with Gasteiger partial charge in [-0.15, -0.1) is 28.5 Å². The SMILES string of the molecule is [N]=C(C(=O)NC1C(=O)N2C(C(=O)O)=C(C=C(C3CCCCC3)C3CCCCC3)CSC12)c1csc(N)n1. The van der Waals surface area contributed by atoms with Crippen molar-refractivity contribution < 1.29 is 19.5 Å². The Hall–Kier alpha value is -2.66. The molecule has 37 heavy (non-hydrogen) atoms. The van der Waals surface area contributed by atoms with E-state index in [0.717, 1.165) is 37.0 Å². The number of amides is 2. The molecule has 1 aromatic rings. The number of carboxylic acid groups (broad SMARTS) is 1. The van der Waals surface area contributed by atoms with Crippen LogP contribution < -0.4 is 16.5 Å². The monoisotopic (exact) mass is 542 g/mol. The van der Waals surface area contributed by atoms with Crippen LogP contribution in [0.2, 0.25) is 0 Å². The number of hydrogen-bond donors (Lipinski definition) is 3. The Bertz CT molecular complexity index is 1140. The molecule has 0 aromatic carbocycles. The highest BCUT2D eigenvalue weighted by Crippen LogP contribution is 2.44. The zero-order valence-electron chi connectivity index (χ0n) is 20.6. The summed E-state index contributed by atoms with van der Waals surface area (Å²) < 4.78 is 0. The van der Waals surface area contributed by atoms with Crippen LogP contribution in [0.5, 0.6) is 0 Å². The van der Waals surface area contributed by atoms with E-state index < -0.39 is 34.9 Å². The molecule has 1 saturated heterocycles. The highest BCUT2D eigenvalue weighted by Gasteiger charge is 2.54. The molecule has 3 fully saturated rings. The number of anilines is 1. The van der Waals surface area contributed by atoms with Crippen molar-refractivity contribution >= 4 is 51.7 Å². The molecule has 11 heteroatoms. The molecule has 5 rings (SSSR count). The fraction of sp³-hybridized carbons (Fsp3) is 0.577. The topological polar surface area (TPSA) is 148 Å². The normalized spacial score (nSPS) is 24.8. The molecule has 2 atom stereocenters. The third kappa shape index (κ3) is 5.20. The summed E-state index contributed by atoms with van der Waals surface area (Å²) in [4.78, 5) is 43.3. The van der Waals surface area contributed by atoms with Crippen LogP contribution in [0.3, 0.4) is 0 Å². The third-order valence-electron chi connectivity index (χ3n) is 7.96. The van der Waals surface area contributed by atoms with E-state index in [9.17, 15) is 24.9 Å². The van der Waals surface area contributed by atoms with Gasteiger partial charge in [0, 0.05) is 11.1 Å². The molecule has 0 spiro atoms. The van der Waals surface area contributed by atoms with E-state index in [1.807, 2.05) is 0 Å². The zero-order chi connectivity index (χ0) is 26.1. The van der Waals surface area contributed by atoms with Gasteiger partial charge >= 0.3 is 5.97 Å². The van der Waals surface area contributed by atoms with Crippen molar-refractivity contribution in [3.05, 3.63) is 34.0 Å². The van der Waals surface area contributed by atoms with Gasteiger partial charge in [-0.1, -0.05) is 50.2 Å². The van der Waals surface area contributed by atoms with E-state index in [1.54, 1.807) is 0 Å². The first-order valence-corrected chi connectivity index (χ1v) is 15.0. The van der Waals surface area contributed by atoms with Crippen LogP contribution >= 0.6 is 23.1 Å². The molecule has 4 aliphatic rings. The Morgan fingerprint density at radius 1 is 1.11 bits per heavy atom. The molecule has 3 heterocycles. The maximum absolute atomic E-state index is 13.1. The molecule has 0 bridgehead atoms. The summed E-state index contributed by atoms with van der Waals surface area (Å²) in [6, 6.07) is -0.924. The molecular weight excluding hydrogens is 510 g/mol. The predicted molar refractivity (Wildman–Crippen MR) is 144 cm³/mol. The largest absolute Gasteiger partial charge is 0.477 e. The Morgan fingerprint density at radius 2 is 1.73 bits per heavy atom. The van der Waals surface area contributed by atoms with Crippen LogP contribution in [-0.2, 0) is 14.4 Å². The highest BCUT2D eigenvalue weighted by molar-refractivity contribution is 8.00. The second-order valence-corrected chi connectivity index (χ2v) is 12.3. The molecule has 197 valence electrons. The number of hydrogen-bond acceptors (Lipinski definition) is 7. The minimum absolute atomic E-state index is 0.0174. The number of aliphatic carboxylic acids is 1. The number of thioether (sulfide) groups is 1. The quantitative estimate of drug-likeness (QED) is 0.354. The number of rotatable bonds is 7. The lowest BCUT2D eigenvalue weighted by molar-refractivity contribution is -0.150. The van der Waals surface area contributed by atoms with Gasteiger partial charge in [0.1, 0.15) is 22.8 Å². The first-order chi connectivity index (χ1) is 17.8. The zero-order valence-corrected chi connectivity index (χ0v) is 22.3. The number of nitrogen functional groups attached to an aromatic ring is 1. The van der Waals surface area contributed by atoms with Crippen molar-refractivity contribution in [2.45, 2.75) is 75.6 Å². The number of nitrogens with one attached hydrogen (secondary N) is 1. The molecule has 1 aromatic heterocycles. The Labute approximate surface area is 224 Å². The fourth-order valence-corrected chi connectivity index (χ4v) is 7.97. The Balaban J connectivity index is 1.38. The summed E-state index contributed by atoms with van der Waals surface area (Å²) in [5.74, 6) is -1.04. The molecule has 4 N–H and O–H groups in total. The van der Waals surface area contributed by atoms with Gasteiger partial charge in [0.05, 0.1) is 0 Å². The number of carboxylic acids is 1. The molecule has 2 saturated carbocycles. The molecule has 2 amide bonds. The number of carbonyl (C=O) groups excluding carboxylic acids is 2. The minimum Gasteiger partial charge on any atom is -0.477 e. The second kappa shape index (κ2) is 11.0. The van der Waals surface area contributed by atoms with Gasteiger partial charge < -0.3 is 16.2 Å². The van der Waals surface area contributed by atoms with Crippen LogP contribution in [0.4, 0.5) is 5.13 Å². The lowest BCUT2D eigenvalue weighted by atomic mass is 9.73. The molecule has 2 unspecified atom stereocenters. The van der Waals surface area contributed by atoms with Crippen molar-refractivity contribution in [2.24, 2.45) is 11.8 Å². The Morgan fingerprint density at radius 3 is 2.27 bits per heavy atom. The average molecular weight is 543 g/mol. The third-order valence-corrected chi connectivity index (χ3v) is 9.94. The van der Waals surface area contributed by atoms with Gasteiger partial charge in [0.25, 0.3) is 11.8 Å². The van der Waals surface area contributed by atoms with Gasteiger partial charge in [0.15, 0.2) is 10.8 Å². The lowest BCUT2D eigenvalue weighted by Crippen LogP contribution is -2.71. The van der Waals surface area contributed by atoms with E-state index in [-0.39, 0.29) is 16.5 Å². The van der Waals surface area contributed by atoms with Crippen molar-refractivity contribution in [1.29, 1.82) is 0 Å². The van der Waals surface area contributed by atoms with E-state index in [0.29, 0.717) is 23.2 Å². The first kappa shape index (κ1) is 26.0. The highest BCUT2D eigenvalue weighted by atomic mass is 32.2. The summed E-state index contributed by atoms with van der Waals surface area (Å²) in [5.41, 5.74) is 7.07. The van der Waals surface area contributed by atoms with E-state index in [1.165, 1.54) is 66.1 Å². The Kier molecular flexibility index (Phi) is 7.71. The van der Waals surface area contributed by atoms with Crippen molar-refractivity contribution in [1.82, 2.24) is 20.6 Å². The summed E-state index contributed by atoms with van der Waals surface area (Å²) in [5, 5.41) is 24.0. The number of fused-ring (bicyclic) bond motifs is 1.